The van der Waals surface area contributed by atoms with Crippen molar-refractivity contribution >= 4 is 11.4 Å². The Morgan fingerprint density at radius 1 is 0.913 bits per heavy atom. The lowest BCUT2D eigenvalue weighted by Gasteiger charge is -2.37. The normalized spacial score (nSPS) is 16.8. The molecular formula is C17H32N4O2. The van der Waals surface area contributed by atoms with Crippen molar-refractivity contribution in [2.75, 3.05) is 13.1 Å². The molecule has 0 unspecified atom stereocenters. The molecule has 0 heterocycles. The average molecular weight is 324 g/mol. The summed E-state index contributed by atoms with van der Waals surface area (Å²) in [5, 5.41) is 31.3. The molecule has 0 aliphatic carbocycles. The first-order chi connectivity index (χ1) is 10.4. The Morgan fingerprint density at radius 3 is 1.52 bits per heavy atom. The van der Waals surface area contributed by atoms with Crippen molar-refractivity contribution in [2.45, 2.75) is 66.0 Å². The van der Waals surface area contributed by atoms with Gasteiger partial charge in [0.2, 0.25) is 0 Å². The number of rotatable bonds is 9. The number of hydrogen-bond acceptors (Lipinski definition) is 6. The minimum atomic E-state index is -0.428. The molecule has 23 heavy (non-hydrogen) atoms. The number of nitrogens with zero attached hydrogens (tertiary/aromatic N) is 2. The van der Waals surface area contributed by atoms with Gasteiger partial charge in [-0.2, -0.15) is 0 Å². The highest BCUT2D eigenvalue weighted by Gasteiger charge is 2.31. The zero-order valence-corrected chi connectivity index (χ0v) is 15.5. The van der Waals surface area contributed by atoms with Crippen LogP contribution in [0.1, 0.15) is 54.9 Å². The first-order valence-corrected chi connectivity index (χ1v) is 7.76. The van der Waals surface area contributed by atoms with Gasteiger partial charge in [-0.15, -0.1) is 12.3 Å². The fraction of sp³-hybridized carbons (Fsp3) is 0.765. The summed E-state index contributed by atoms with van der Waals surface area (Å²) in [4.78, 5) is 0. The second kappa shape index (κ2) is 8.32. The predicted octanol–water partition coefficient (Wildman–Crippen LogP) is 2.45. The van der Waals surface area contributed by atoms with E-state index in [4.69, 9.17) is 16.8 Å². The van der Waals surface area contributed by atoms with Gasteiger partial charge < -0.3 is 21.0 Å². The van der Waals surface area contributed by atoms with Gasteiger partial charge in [-0.3, -0.25) is 0 Å². The summed E-state index contributed by atoms with van der Waals surface area (Å²) in [7, 11) is 0. The Balaban J connectivity index is 4.99. The van der Waals surface area contributed by atoms with Crippen molar-refractivity contribution in [3.05, 3.63) is 0 Å². The van der Waals surface area contributed by atoms with Gasteiger partial charge >= 0.3 is 0 Å². The van der Waals surface area contributed by atoms with Crippen LogP contribution in [0.5, 0.6) is 0 Å². The summed E-state index contributed by atoms with van der Waals surface area (Å²) in [6, 6.07) is 0. The van der Waals surface area contributed by atoms with Crippen LogP contribution in [-0.4, -0.2) is 46.0 Å². The molecule has 6 heteroatoms. The molecule has 0 aromatic heterocycles. The molecule has 0 spiro atoms. The van der Waals surface area contributed by atoms with Gasteiger partial charge in [-0.1, -0.05) is 17.2 Å². The standard InChI is InChI=1S/C17H32N4O2/c1-9-10-17(8,11-18-15(4,5)13(2)20-22)12-19-16(6,7)14(3)21-23/h1,18-19,22-23H,10-12H2,2-8H3. The third-order valence-electron chi connectivity index (χ3n) is 4.55. The quantitative estimate of drug-likeness (QED) is 0.227. The molecule has 0 radical (unpaired) electrons. The Hall–Kier alpha value is -1.58. The van der Waals surface area contributed by atoms with Crippen LogP contribution in [0.15, 0.2) is 10.3 Å². The molecule has 0 aliphatic heterocycles. The topological polar surface area (TPSA) is 89.2 Å². The third kappa shape index (κ3) is 6.59. The van der Waals surface area contributed by atoms with Crippen molar-refractivity contribution in [3.8, 4) is 12.3 Å². The fourth-order valence-corrected chi connectivity index (χ4v) is 1.81. The van der Waals surface area contributed by atoms with Crippen LogP contribution in [0.2, 0.25) is 0 Å². The van der Waals surface area contributed by atoms with Crippen LogP contribution in [0.4, 0.5) is 0 Å². The van der Waals surface area contributed by atoms with E-state index in [1.165, 1.54) is 0 Å². The van der Waals surface area contributed by atoms with Crippen LogP contribution >= 0.6 is 0 Å². The van der Waals surface area contributed by atoms with Crippen LogP contribution in [0.3, 0.4) is 0 Å². The van der Waals surface area contributed by atoms with Crippen LogP contribution < -0.4 is 10.6 Å². The van der Waals surface area contributed by atoms with Crippen molar-refractivity contribution in [3.63, 3.8) is 0 Å². The average Bonchev–Trinajstić information content (AvgIpc) is 2.50. The lowest BCUT2D eigenvalue weighted by molar-refractivity contribution is 0.252. The van der Waals surface area contributed by atoms with E-state index in [1.807, 2.05) is 27.7 Å². The van der Waals surface area contributed by atoms with Crippen LogP contribution in [0.25, 0.3) is 0 Å². The highest BCUT2D eigenvalue weighted by molar-refractivity contribution is 5.90. The van der Waals surface area contributed by atoms with Gasteiger partial charge in [0.05, 0.1) is 22.5 Å². The van der Waals surface area contributed by atoms with E-state index in [1.54, 1.807) is 13.8 Å². The minimum absolute atomic E-state index is 0.200. The van der Waals surface area contributed by atoms with Gasteiger partial charge in [0.1, 0.15) is 0 Å². The molecule has 0 fully saturated rings. The molecule has 0 saturated carbocycles. The van der Waals surface area contributed by atoms with Crippen LogP contribution in [0, 0.1) is 17.8 Å². The summed E-state index contributed by atoms with van der Waals surface area (Å²) in [5.74, 6) is 2.73. The van der Waals surface area contributed by atoms with Crippen molar-refractivity contribution < 1.29 is 10.4 Å². The Labute approximate surface area is 140 Å². The molecule has 6 nitrogen and oxygen atoms in total. The second-order valence-corrected chi connectivity index (χ2v) is 7.52. The number of oxime groups is 2. The van der Waals surface area contributed by atoms with Gasteiger partial charge in [-0.05, 0) is 41.5 Å². The van der Waals surface area contributed by atoms with E-state index in [-0.39, 0.29) is 5.41 Å². The summed E-state index contributed by atoms with van der Waals surface area (Å²) < 4.78 is 0. The lowest BCUT2D eigenvalue weighted by Crippen LogP contribution is -2.55. The predicted molar refractivity (Wildman–Crippen MR) is 95.5 cm³/mol. The molecule has 0 rings (SSSR count). The molecule has 0 aromatic carbocycles. The Bertz CT molecular complexity index is 453. The molecule has 0 amide bonds. The first-order valence-electron chi connectivity index (χ1n) is 7.76. The highest BCUT2D eigenvalue weighted by atomic mass is 16.4. The number of terminal acetylenes is 1. The monoisotopic (exact) mass is 324 g/mol. The summed E-state index contributed by atoms with van der Waals surface area (Å²) in [6.07, 6.45) is 6.12. The lowest BCUT2D eigenvalue weighted by atomic mass is 9.84. The largest absolute Gasteiger partial charge is 0.411 e. The SMILES string of the molecule is C#CCC(C)(CNC(C)(C)C(C)=NO)CNC(C)(C)C(C)=NO. The summed E-state index contributed by atoms with van der Waals surface area (Å²) >= 11 is 0. The zero-order chi connectivity index (χ0) is 18.3. The summed E-state index contributed by atoms with van der Waals surface area (Å²) in [6.45, 7) is 14.8. The third-order valence-corrected chi connectivity index (χ3v) is 4.55. The van der Waals surface area contributed by atoms with E-state index in [0.717, 1.165) is 0 Å². The molecule has 0 atom stereocenters. The maximum atomic E-state index is 8.97. The molecule has 132 valence electrons. The maximum Gasteiger partial charge on any atom is 0.0734 e. The highest BCUT2D eigenvalue weighted by Crippen LogP contribution is 2.22. The molecule has 0 aliphatic rings. The minimum Gasteiger partial charge on any atom is -0.411 e. The van der Waals surface area contributed by atoms with Gasteiger partial charge in [-0.25, -0.2) is 0 Å². The zero-order valence-electron chi connectivity index (χ0n) is 15.5. The van der Waals surface area contributed by atoms with Crippen molar-refractivity contribution in [1.29, 1.82) is 0 Å². The molecule has 0 bridgehead atoms. The Morgan fingerprint density at radius 2 is 1.26 bits per heavy atom. The molecule has 4 N–H and O–H groups in total. The van der Waals surface area contributed by atoms with E-state index >= 15 is 0 Å². The summed E-state index contributed by atoms with van der Waals surface area (Å²) in [5.41, 5.74) is 0.161. The van der Waals surface area contributed by atoms with Crippen molar-refractivity contribution in [1.82, 2.24) is 10.6 Å². The van der Waals surface area contributed by atoms with E-state index in [9.17, 15) is 0 Å². The van der Waals surface area contributed by atoms with E-state index in [2.05, 4.69) is 33.8 Å². The molecule has 0 saturated heterocycles. The first kappa shape index (κ1) is 21.4. The van der Waals surface area contributed by atoms with Gasteiger partial charge in [0, 0.05) is 24.9 Å². The smallest absolute Gasteiger partial charge is 0.0734 e. The van der Waals surface area contributed by atoms with Crippen molar-refractivity contribution in [2.24, 2.45) is 15.7 Å². The maximum absolute atomic E-state index is 8.97. The molecule has 0 aromatic rings. The molecular weight excluding hydrogens is 292 g/mol. The second-order valence-electron chi connectivity index (χ2n) is 7.52. The van der Waals surface area contributed by atoms with Gasteiger partial charge in [0.15, 0.2) is 0 Å². The van der Waals surface area contributed by atoms with E-state index in [0.29, 0.717) is 30.9 Å². The van der Waals surface area contributed by atoms with E-state index < -0.39 is 11.1 Å². The fourth-order valence-electron chi connectivity index (χ4n) is 1.81. The van der Waals surface area contributed by atoms with Gasteiger partial charge in [0.25, 0.3) is 0 Å². The Kier molecular flexibility index (Phi) is 7.75. The number of nitrogens with one attached hydrogen (secondary N) is 2. The number of hydrogen-bond donors (Lipinski definition) is 4. The van der Waals surface area contributed by atoms with Crippen LogP contribution in [-0.2, 0) is 0 Å².